The summed E-state index contributed by atoms with van der Waals surface area (Å²) in [7, 11) is 3.11. The number of thiophene rings is 1. The van der Waals surface area contributed by atoms with E-state index in [0.717, 1.165) is 49.6 Å². The van der Waals surface area contributed by atoms with Crippen LogP contribution in [0.25, 0.3) is 21.7 Å². The third-order valence-electron chi connectivity index (χ3n) is 10.3. The van der Waals surface area contributed by atoms with Crippen LogP contribution in [0, 0.1) is 5.92 Å². The van der Waals surface area contributed by atoms with E-state index in [1.165, 1.54) is 23.3 Å². The molecule has 50 heavy (non-hydrogen) atoms. The number of allylic oxidation sites excluding steroid dienone is 1. The molecule has 2 aliphatic carbocycles. The van der Waals surface area contributed by atoms with Crippen molar-refractivity contribution in [1.29, 1.82) is 0 Å². The van der Waals surface area contributed by atoms with Crippen molar-refractivity contribution in [3.63, 3.8) is 0 Å². The van der Waals surface area contributed by atoms with Gasteiger partial charge in [0.2, 0.25) is 17.7 Å². The van der Waals surface area contributed by atoms with Crippen molar-refractivity contribution in [2.45, 2.75) is 100 Å². The van der Waals surface area contributed by atoms with Crippen LogP contribution >= 0.6 is 11.3 Å². The second-order valence-electron chi connectivity index (χ2n) is 13.6. The van der Waals surface area contributed by atoms with Crippen LogP contribution in [0.2, 0.25) is 0 Å². The van der Waals surface area contributed by atoms with Gasteiger partial charge >= 0.3 is 12.1 Å². The molecule has 1 saturated heterocycles. The average molecular weight is 706 g/mol. The van der Waals surface area contributed by atoms with Gasteiger partial charge in [-0.05, 0) is 68.9 Å². The molecule has 0 unspecified atom stereocenters. The van der Waals surface area contributed by atoms with Crippen molar-refractivity contribution < 1.29 is 33.4 Å². The molecule has 0 bridgehead atoms. The van der Waals surface area contributed by atoms with E-state index in [1.807, 2.05) is 29.7 Å². The molecule has 15 heteroatoms. The van der Waals surface area contributed by atoms with Crippen molar-refractivity contribution in [3.8, 4) is 17.4 Å². The highest BCUT2D eigenvalue weighted by Gasteiger charge is 2.62. The highest BCUT2D eigenvalue weighted by molar-refractivity contribution is 7.17. The normalized spacial score (nSPS) is 28.2. The number of carbonyl (C=O) groups excluding carboxylic acids is 4. The molecule has 0 spiro atoms. The van der Waals surface area contributed by atoms with Crippen molar-refractivity contribution in [1.82, 2.24) is 35.3 Å². The number of amides is 3. The van der Waals surface area contributed by atoms with Gasteiger partial charge in [0.15, 0.2) is 5.82 Å². The largest absolute Gasteiger partial charge is 0.471 e. The minimum atomic E-state index is -1.20. The lowest BCUT2D eigenvalue weighted by Gasteiger charge is -2.29. The summed E-state index contributed by atoms with van der Waals surface area (Å²) >= 11 is 1.44. The molecule has 14 nitrogen and oxygen atoms in total. The van der Waals surface area contributed by atoms with Gasteiger partial charge in [-0.25, -0.2) is 14.6 Å². The summed E-state index contributed by atoms with van der Waals surface area (Å²) < 4.78 is 19.8. The third kappa shape index (κ3) is 6.92. The van der Waals surface area contributed by atoms with E-state index in [-0.39, 0.29) is 25.0 Å². The maximum Gasteiger partial charge on any atom is 0.408 e. The third-order valence-corrected chi connectivity index (χ3v) is 11.1. The Morgan fingerprint density at radius 1 is 1.06 bits per heavy atom. The summed E-state index contributed by atoms with van der Waals surface area (Å²) in [6.45, 7) is 0.0687. The van der Waals surface area contributed by atoms with Crippen LogP contribution in [0.5, 0.6) is 5.88 Å². The van der Waals surface area contributed by atoms with E-state index in [0.29, 0.717) is 42.2 Å². The number of aromatic nitrogens is 4. The molecule has 0 aromatic carbocycles. The first-order valence-corrected chi connectivity index (χ1v) is 18.4. The molecule has 7 rings (SSSR count). The SMILES string of the molecule is COC(=O)[C@@]12C[C@@H]1/C=C\CCCCC[C@H](NC(=O)OC1CCCC1)C(=O)N1C[C@H](Oc3nc(-c4ccnn4C)nc4ccsc34)C[C@H]1C(=O)N2. The summed E-state index contributed by atoms with van der Waals surface area (Å²) in [6.07, 6.45) is 12.1. The Hall–Kier alpha value is -4.53. The van der Waals surface area contributed by atoms with Crippen molar-refractivity contribution in [3.05, 3.63) is 35.9 Å². The Kier molecular flexibility index (Phi) is 9.76. The van der Waals surface area contributed by atoms with E-state index in [4.69, 9.17) is 24.2 Å². The van der Waals surface area contributed by atoms with Crippen LogP contribution in [-0.2, 0) is 30.9 Å². The molecule has 2 aliphatic heterocycles. The molecular formula is C35H43N7O7S. The second-order valence-corrected chi connectivity index (χ2v) is 14.6. The number of methoxy groups -OCH3 is 1. The molecule has 3 fully saturated rings. The van der Waals surface area contributed by atoms with Gasteiger partial charge in [0, 0.05) is 25.6 Å². The first kappa shape index (κ1) is 33.9. The maximum absolute atomic E-state index is 14.4. The molecular weight excluding hydrogens is 662 g/mol. The van der Waals surface area contributed by atoms with Gasteiger partial charge in [-0.2, -0.15) is 10.1 Å². The minimum absolute atomic E-state index is 0.0687. The van der Waals surface area contributed by atoms with E-state index in [9.17, 15) is 19.2 Å². The molecule has 266 valence electrons. The number of fused-ring (bicyclic) bond motifs is 3. The van der Waals surface area contributed by atoms with Gasteiger partial charge in [0.05, 0.1) is 19.2 Å². The fraction of sp³-hybridized carbons (Fsp3) is 0.571. The lowest BCUT2D eigenvalue weighted by molar-refractivity contribution is -0.148. The highest BCUT2D eigenvalue weighted by atomic mass is 32.1. The number of rotatable bonds is 6. The molecule has 0 radical (unpaired) electrons. The second kappa shape index (κ2) is 14.4. The van der Waals surface area contributed by atoms with Crippen molar-refractivity contribution >= 4 is 45.4 Å². The number of hydrogen-bond acceptors (Lipinski definition) is 11. The lowest BCUT2D eigenvalue weighted by atomic mass is 10.0. The van der Waals surface area contributed by atoms with Crippen LogP contribution < -0.4 is 15.4 Å². The Labute approximate surface area is 293 Å². The molecule has 2 N–H and O–H groups in total. The summed E-state index contributed by atoms with van der Waals surface area (Å²) in [5, 5.41) is 12.0. The average Bonchev–Trinajstić information content (AvgIpc) is 3.71. The lowest BCUT2D eigenvalue weighted by Crippen LogP contribution is -2.56. The molecule has 5 heterocycles. The number of hydrogen-bond donors (Lipinski definition) is 2. The van der Waals surface area contributed by atoms with Crippen molar-refractivity contribution in [2.24, 2.45) is 13.0 Å². The number of esters is 1. The van der Waals surface area contributed by atoms with E-state index >= 15 is 0 Å². The van der Waals surface area contributed by atoms with E-state index in [1.54, 1.807) is 17.9 Å². The zero-order chi connectivity index (χ0) is 34.8. The zero-order valence-electron chi connectivity index (χ0n) is 28.3. The van der Waals surface area contributed by atoms with Crippen LogP contribution in [0.1, 0.15) is 70.6 Å². The number of nitrogens with zero attached hydrogens (tertiary/aromatic N) is 5. The topological polar surface area (TPSA) is 167 Å². The van der Waals surface area contributed by atoms with E-state index in [2.05, 4.69) is 15.7 Å². The minimum Gasteiger partial charge on any atom is -0.471 e. The first-order valence-electron chi connectivity index (χ1n) is 17.5. The summed E-state index contributed by atoms with van der Waals surface area (Å²) in [6, 6.07) is 1.82. The fourth-order valence-corrected chi connectivity index (χ4v) is 8.19. The summed E-state index contributed by atoms with van der Waals surface area (Å²) in [4.78, 5) is 65.7. The van der Waals surface area contributed by atoms with E-state index < -0.39 is 47.6 Å². The standard InChI is InChI=1S/C35H43N7O7S/c1-41-26(14-16-36-41)29-37-24-15-17-50-28(24)31(39-29)48-23-18-27-30(43)40-35(33(45)47-2)19-21(35)10-6-4-3-5-7-13-25(32(44)42(27)20-23)38-34(46)49-22-11-8-9-12-22/h6,10,14-17,21-23,25,27H,3-5,7-9,11-13,18-20H2,1-2H3,(H,38,46)(H,40,43)/b10-6-/t21-,23+,25-,27-,35+/m0/s1. The van der Waals surface area contributed by atoms with Gasteiger partial charge in [-0.1, -0.05) is 25.0 Å². The molecule has 2 saturated carbocycles. The summed E-state index contributed by atoms with van der Waals surface area (Å²) in [5.41, 5.74) is 0.207. The Morgan fingerprint density at radius 3 is 2.66 bits per heavy atom. The Bertz CT molecular complexity index is 1790. The van der Waals surface area contributed by atoms with Gasteiger partial charge in [0.25, 0.3) is 0 Å². The number of nitrogens with one attached hydrogen (secondary N) is 2. The number of ether oxygens (including phenoxy) is 3. The fourth-order valence-electron chi connectivity index (χ4n) is 7.43. The Morgan fingerprint density at radius 2 is 1.88 bits per heavy atom. The van der Waals surface area contributed by atoms with Crippen molar-refractivity contribution in [2.75, 3.05) is 13.7 Å². The number of aryl methyl sites for hydroxylation is 1. The molecule has 5 atom stereocenters. The van der Waals surface area contributed by atoms with Gasteiger partial charge in [-0.3, -0.25) is 14.3 Å². The smallest absolute Gasteiger partial charge is 0.408 e. The molecule has 3 aromatic rings. The van der Waals surface area contributed by atoms with Gasteiger partial charge < -0.3 is 29.7 Å². The number of carbonyl (C=O) groups is 4. The number of alkyl carbamates (subject to hydrolysis) is 1. The van der Waals surface area contributed by atoms with Crippen LogP contribution in [0.3, 0.4) is 0 Å². The zero-order valence-corrected chi connectivity index (χ0v) is 29.2. The molecule has 3 amide bonds. The molecule has 4 aliphatic rings. The first-order chi connectivity index (χ1) is 24.3. The highest BCUT2D eigenvalue weighted by Crippen LogP contribution is 2.46. The van der Waals surface area contributed by atoms with Crippen LogP contribution in [-0.4, -0.2) is 92.0 Å². The van der Waals surface area contributed by atoms with Gasteiger partial charge in [-0.15, -0.1) is 11.3 Å². The molecule has 3 aromatic heterocycles. The Balaban J connectivity index is 1.18. The predicted molar refractivity (Wildman–Crippen MR) is 183 cm³/mol. The predicted octanol–water partition coefficient (Wildman–Crippen LogP) is 4.05. The maximum atomic E-state index is 14.4. The monoisotopic (exact) mass is 705 g/mol. The quantitative estimate of drug-likeness (QED) is 0.282. The van der Waals surface area contributed by atoms with Crippen LogP contribution in [0.4, 0.5) is 4.79 Å². The van der Waals surface area contributed by atoms with Crippen LogP contribution in [0.15, 0.2) is 35.9 Å². The summed E-state index contributed by atoms with van der Waals surface area (Å²) in [5.74, 6) is -0.828. The van der Waals surface area contributed by atoms with Gasteiger partial charge in [0.1, 0.15) is 40.2 Å².